The molecule has 0 aromatic heterocycles. The topological polar surface area (TPSA) is 58.2 Å². The summed E-state index contributed by atoms with van der Waals surface area (Å²) in [5, 5.41) is 5.52. The van der Waals surface area contributed by atoms with Crippen molar-refractivity contribution in [3.8, 4) is 0 Å². The normalized spacial score (nSPS) is 10.9. The maximum Gasteiger partial charge on any atom is 0.272 e. The van der Waals surface area contributed by atoms with Gasteiger partial charge in [0, 0.05) is 15.7 Å². The molecule has 2 N–H and O–H groups in total. The Hall–Kier alpha value is -3.18. The van der Waals surface area contributed by atoms with E-state index in [1.165, 1.54) is 0 Å². The Morgan fingerprint density at radius 1 is 0.815 bits per heavy atom. The first-order valence-corrected chi connectivity index (χ1v) is 9.11. The number of anilines is 1. The van der Waals surface area contributed by atoms with E-state index in [0.29, 0.717) is 11.3 Å². The summed E-state index contributed by atoms with van der Waals surface area (Å²) in [4.78, 5) is 25.3. The van der Waals surface area contributed by atoms with Gasteiger partial charge in [-0.05, 0) is 42.0 Å². The van der Waals surface area contributed by atoms with Crippen LogP contribution in [0.1, 0.15) is 15.9 Å². The van der Waals surface area contributed by atoms with E-state index >= 15 is 0 Å². The van der Waals surface area contributed by atoms with Crippen molar-refractivity contribution in [2.24, 2.45) is 0 Å². The summed E-state index contributed by atoms with van der Waals surface area (Å²) in [5.41, 5.74) is 2.08. The molecular weight excluding hydrogens is 404 g/mol. The van der Waals surface area contributed by atoms with Gasteiger partial charge in [0.1, 0.15) is 5.70 Å². The molecule has 0 fully saturated rings. The van der Waals surface area contributed by atoms with E-state index in [9.17, 15) is 9.59 Å². The van der Waals surface area contributed by atoms with Crippen molar-refractivity contribution in [2.45, 2.75) is 0 Å². The molecule has 2 amide bonds. The average Bonchev–Trinajstić information content (AvgIpc) is 2.69. The van der Waals surface area contributed by atoms with Crippen LogP contribution in [0.4, 0.5) is 5.69 Å². The molecule has 0 radical (unpaired) electrons. The van der Waals surface area contributed by atoms with Crippen LogP contribution in [-0.2, 0) is 4.79 Å². The molecule has 0 saturated carbocycles. The largest absolute Gasteiger partial charge is 0.321 e. The highest BCUT2D eigenvalue weighted by atomic mass is 79.9. The summed E-state index contributed by atoms with van der Waals surface area (Å²) < 4.78 is 0.789. The Balaban J connectivity index is 1.86. The Kier molecular flexibility index (Phi) is 6.18. The number of carbonyl (C=O) groups excluding carboxylic acids is 2. The lowest BCUT2D eigenvalue weighted by Crippen LogP contribution is -2.30. The molecular formula is C22H17BrN2O2. The van der Waals surface area contributed by atoms with Gasteiger partial charge in [0.05, 0.1) is 0 Å². The zero-order chi connectivity index (χ0) is 19.1. The third kappa shape index (κ3) is 5.39. The summed E-state index contributed by atoms with van der Waals surface area (Å²) in [6, 6.07) is 25.4. The van der Waals surface area contributed by atoms with E-state index in [4.69, 9.17) is 0 Å². The van der Waals surface area contributed by atoms with Crippen LogP contribution in [0.2, 0.25) is 0 Å². The number of hydrogen-bond acceptors (Lipinski definition) is 2. The van der Waals surface area contributed by atoms with Crippen LogP contribution >= 0.6 is 15.9 Å². The number of benzene rings is 3. The molecule has 0 aliphatic carbocycles. The van der Waals surface area contributed by atoms with Crippen molar-refractivity contribution in [3.63, 3.8) is 0 Å². The second kappa shape index (κ2) is 8.96. The zero-order valence-electron chi connectivity index (χ0n) is 14.4. The molecule has 0 atom stereocenters. The lowest BCUT2D eigenvalue weighted by molar-refractivity contribution is -0.113. The van der Waals surface area contributed by atoms with Gasteiger partial charge in [0.25, 0.3) is 11.8 Å². The quantitative estimate of drug-likeness (QED) is 0.579. The van der Waals surface area contributed by atoms with Crippen LogP contribution in [-0.4, -0.2) is 11.8 Å². The summed E-state index contributed by atoms with van der Waals surface area (Å²) in [6.45, 7) is 0. The van der Waals surface area contributed by atoms with Crippen molar-refractivity contribution < 1.29 is 9.59 Å². The molecule has 3 rings (SSSR count). The van der Waals surface area contributed by atoms with Gasteiger partial charge in [-0.2, -0.15) is 0 Å². The monoisotopic (exact) mass is 420 g/mol. The van der Waals surface area contributed by atoms with Gasteiger partial charge in [0.2, 0.25) is 0 Å². The first-order valence-electron chi connectivity index (χ1n) is 8.32. The van der Waals surface area contributed by atoms with Crippen LogP contribution in [0.25, 0.3) is 6.08 Å². The number of hydrogen-bond donors (Lipinski definition) is 2. The van der Waals surface area contributed by atoms with Crippen molar-refractivity contribution in [1.82, 2.24) is 5.32 Å². The van der Waals surface area contributed by atoms with Gasteiger partial charge >= 0.3 is 0 Å². The number of carbonyl (C=O) groups is 2. The molecule has 0 saturated heterocycles. The van der Waals surface area contributed by atoms with Crippen LogP contribution in [0.3, 0.4) is 0 Å². The van der Waals surface area contributed by atoms with Gasteiger partial charge in [-0.15, -0.1) is 0 Å². The number of halogens is 1. The van der Waals surface area contributed by atoms with Gasteiger partial charge in [-0.25, -0.2) is 0 Å². The average molecular weight is 421 g/mol. The lowest BCUT2D eigenvalue weighted by Gasteiger charge is -2.11. The minimum absolute atomic E-state index is 0.162. The molecule has 3 aromatic carbocycles. The molecule has 0 aliphatic heterocycles. The fraction of sp³-hybridized carbons (Fsp3) is 0. The van der Waals surface area contributed by atoms with Gasteiger partial charge < -0.3 is 10.6 Å². The van der Waals surface area contributed by atoms with E-state index in [-0.39, 0.29) is 11.6 Å². The smallest absolute Gasteiger partial charge is 0.272 e. The third-order valence-corrected chi connectivity index (χ3v) is 4.22. The van der Waals surface area contributed by atoms with E-state index in [1.807, 2.05) is 54.6 Å². The number of nitrogens with one attached hydrogen (secondary N) is 2. The highest BCUT2D eigenvalue weighted by Gasteiger charge is 2.15. The van der Waals surface area contributed by atoms with Gasteiger partial charge in [0.15, 0.2) is 0 Å². The highest BCUT2D eigenvalue weighted by Crippen LogP contribution is 2.14. The van der Waals surface area contributed by atoms with Gasteiger partial charge in [-0.1, -0.05) is 70.5 Å². The maximum atomic E-state index is 12.7. The first kappa shape index (κ1) is 18.6. The van der Waals surface area contributed by atoms with Crippen molar-refractivity contribution >= 4 is 39.5 Å². The minimum atomic E-state index is -0.395. The number of para-hydroxylation sites is 1. The molecule has 0 aliphatic rings. The molecule has 0 heterocycles. The van der Waals surface area contributed by atoms with E-state index in [2.05, 4.69) is 26.6 Å². The summed E-state index contributed by atoms with van der Waals surface area (Å²) in [6.07, 6.45) is 1.65. The number of rotatable bonds is 5. The molecule has 4 nitrogen and oxygen atoms in total. The minimum Gasteiger partial charge on any atom is -0.321 e. The molecule has 5 heteroatoms. The molecule has 0 spiro atoms. The third-order valence-electron chi connectivity index (χ3n) is 3.72. The Morgan fingerprint density at radius 2 is 1.48 bits per heavy atom. The number of amides is 2. The standard InChI is InChI=1S/C22H17BrN2O2/c23-18-11-7-10-17(15-18)21(26)25-20(14-16-8-3-1-4-9-16)22(27)24-19-12-5-2-6-13-19/h1-15H,(H,24,27)(H,25,26)/b20-14+. The molecule has 134 valence electrons. The molecule has 3 aromatic rings. The predicted octanol–water partition coefficient (Wildman–Crippen LogP) is 4.86. The van der Waals surface area contributed by atoms with Crippen LogP contribution in [0.5, 0.6) is 0 Å². The molecule has 27 heavy (non-hydrogen) atoms. The first-order chi connectivity index (χ1) is 13.1. The SMILES string of the molecule is O=C(Nc1ccccc1)/C(=C\c1ccccc1)NC(=O)c1cccc(Br)c1. The van der Waals surface area contributed by atoms with E-state index in [1.54, 1.807) is 36.4 Å². The summed E-state index contributed by atoms with van der Waals surface area (Å²) in [5.74, 6) is -0.755. The fourth-order valence-corrected chi connectivity index (χ4v) is 2.82. The van der Waals surface area contributed by atoms with Crippen molar-refractivity contribution in [1.29, 1.82) is 0 Å². The molecule has 0 bridgehead atoms. The van der Waals surface area contributed by atoms with Crippen molar-refractivity contribution in [2.75, 3.05) is 5.32 Å². The fourth-order valence-electron chi connectivity index (χ4n) is 2.42. The van der Waals surface area contributed by atoms with Crippen LogP contribution in [0, 0.1) is 0 Å². The van der Waals surface area contributed by atoms with E-state index in [0.717, 1.165) is 10.0 Å². The van der Waals surface area contributed by atoms with E-state index < -0.39 is 5.91 Å². The Labute approximate surface area is 166 Å². The zero-order valence-corrected chi connectivity index (χ0v) is 15.9. The highest BCUT2D eigenvalue weighted by molar-refractivity contribution is 9.10. The van der Waals surface area contributed by atoms with Crippen LogP contribution in [0.15, 0.2) is 95.1 Å². The summed E-state index contributed by atoms with van der Waals surface area (Å²) >= 11 is 3.35. The Morgan fingerprint density at radius 3 is 2.15 bits per heavy atom. The lowest BCUT2D eigenvalue weighted by atomic mass is 10.1. The maximum absolute atomic E-state index is 12.7. The Bertz CT molecular complexity index is 970. The van der Waals surface area contributed by atoms with Crippen molar-refractivity contribution in [3.05, 3.63) is 106 Å². The van der Waals surface area contributed by atoms with Gasteiger partial charge in [-0.3, -0.25) is 9.59 Å². The predicted molar refractivity (Wildman–Crippen MR) is 111 cm³/mol. The second-order valence-electron chi connectivity index (χ2n) is 5.75. The second-order valence-corrected chi connectivity index (χ2v) is 6.67. The van der Waals surface area contributed by atoms with Crippen LogP contribution < -0.4 is 10.6 Å². The summed E-state index contributed by atoms with van der Waals surface area (Å²) in [7, 11) is 0. The molecule has 0 unspecified atom stereocenters.